The molecule has 0 saturated carbocycles. The maximum Gasteiger partial charge on any atom is 0.226 e. The third-order valence-corrected chi connectivity index (χ3v) is 5.82. The number of nitriles is 1. The van der Waals surface area contributed by atoms with Gasteiger partial charge in [-0.05, 0) is 32.4 Å². The summed E-state index contributed by atoms with van der Waals surface area (Å²) >= 11 is 2.84. The van der Waals surface area contributed by atoms with E-state index in [0.717, 1.165) is 22.5 Å². The average molecular weight is 409 g/mol. The van der Waals surface area contributed by atoms with E-state index in [1.807, 2.05) is 56.5 Å². The Labute approximate surface area is 172 Å². The van der Waals surface area contributed by atoms with Crippen LogP contribution < -0.4 is 5.32 Å². The number of aromatic nitrogens is 2. The fourth-order valence-electron chi connectivity index (χ4n) is 2.65. The van der Waals surface area contributed by atoms with Crippen molar-refractivity contribution in [2.24, 2.45) is 0 Å². The normalized spacial score (nSPS) is 10.5. The molecule has 0 saturated heterocycles. The molecule has 0 unspecified atom stereocenters. The van der Waals surface area contributed by atoms with Gasteiger partial charge in [0.15, 0.2) is 5.13 Å². The van der Waals surface area contributed by atoms with Crippen molar-refractivity contribution < 1.29 is 4.79 Å². The van der Waals surface area contributed by atoms with Crippen molar-refractivity contribution in [1.82, 2.24) is 9.97 Å². The molecule has 0 aliphatic heterocycles. The highest BCUT2D eigenvalue weighted by Gasteiger charge is 2.12. The smallest absolute Gasteiger partial charge is 0.226 e. The number of thioether (sulfide) groups is 1. The van der Waals surface area contributed by atoms with Crippen LogP contribution in [0, 0.1) is 32.1 Å². The Kier molecular flexibility index (Phi) is 6.45. The highest BCUT2D eigenvalue weighted by atomic mass is 32.2. The van der Waals surface area contributed by atoms with Gasteiger partial charge in [-0.3, -0.25) is 4.79 Å². The summed E-state index contributed by atoms with van der Waals surface area (Å²) in [5, 5.41) is 15.4. The fourth-order valence-corrected chi connectivity index (χ4v) is 4.43. The van der Waals surface area contributed by atoms with Crippen LogP contribution in [0.15, 0.2) is 40.7 Å². The van der Waals surface area contributed by atoms with Gasteiger partial charge in [0.1, 0.15) is 11.1 Å². The van der Waals surface area contributed by atoms with E-state index in [1.54, 1.807) is 0 Å². The minimum absolute atomic E-state index is 0.0970. The number of hydrogen-bond acceptors (Lipinski definition) is 6. The first-order chi connectivity index (χ1) is 13.5. The number of thiazole rings is 1. The Morgan fingerprint density at radius 3 is 2.68 bits per heavy atom. The van der Waals surface area contributed by atoms with Gasteiger partial charge in [-0.2, -0.15) is 5.26 Å². The van der Waals surface area contributed by atoms with Crippen LogP contribution in [0.25, 0.3) is 11.3 Å². The molecule has 3 aromatic rings. The predicted molar refractivity (Wildman–Crippen MR) is 115 cm³/mol. The molecule has 28 heavy (non-hydrogen) atoms. The molecule has 2 heterocycles. The first kappa shape index (κ1) is 20.1. The van der Waals surface area contributed by atoms with Crippen molar-refractivity contribution in [3.05, 3.63) is 58.1 Å². The van der Waals surface area contributed by atoms with Gasteiger partial charge >= 0.3 is 0 Å². The van der Waals surface area contributed by atoms with Crippen LogP contribution in [-0.2, 0) is 4.79 Å². The maximum absolute atomic E-state index is 12.2. The van der Waals surface area contributed by atoms with E-state index in [4.69, 9.17) is 0 Å². The molecule has 7 heteroatoms. The Morgan fingerprint density at radius 1 is 1.21 bits per heavy atom. The molecule has 2 aromatic heterocycles. The SMILES string of the molecule is Cc1ccc(-c2csc(NC(=O)CCSc3nc(C)cc(C)c3C#N)n2)cc1. The number of carbonyl (C=O) groups is 1. The van der Waals surface area contributed by atoms with Gasteiger partial charge in [-0.25, -0.2) is 9.97 Å². The second kappa shape index (κ2) is 9.00. The van der Waals surface area contributed by atoms with Gasteiger partial charge in [0.2, 0.25) is 5.91 Å². The number of aryl methyl sites for hydroxylation is 3. The quantitative estimate of drug-likeness (QED) is 0.573. The molecule has 142 valence electrons. The lowest BCUT2D eigenvalue weighted by Crippen LogP contribution is -2.12. The molecule has 5 nitrogen and oxygen atoms in total. The molecule has 0 bridgehead atoms. The summed E-state index contributed by atoms with van der Waals surface area (Å²) in [6.07, 6.45) is 0.323. The Balaban J connectivity index is 1.56. The summed E-state index contributed by atoms with van der Waals surface area (Å²) in [6.45, 7) is 5.85. The number of anilines is 1. The van der Waals surface area contributed by atoms with Crippen molar-refractivity contribution in [3.63, 3.8) is 0 Å². The maximum atomic E-state index is 12.2. The van der Waals surface area contributed by atoms with Crippen molar-refractivity contribution >= 4 is 34.1 Å². The van der Waals surface area contributed by atoms with E-state index >= 15 is 0 Å². The van der Waals surface area contributed by atoms with Crippen LogP contribution in [0.4, 0.5) is 5.13 Å². The second-order valence-electron chi connectivity index (χ2n) is 6.42. The van der Waals surface area contributed by atoms with Gasteiger partial charge in [-0.1, -0.05) is 29.8 Å². The number of rotatable bonds is 6. The minimum atomic E-state index is -0.0970. The zero-order valence-corrected chi connectivity index (χ0v) is 17.6. The third kappa shape index (κ3) is 4.97. The molecule has 3 rings (SSSR count). The van der Waals surface area contributed by atoms with Gasteiger partial charge in [0.05, 0.1) is 11.3 Å². The standard InChI is InChI=1S/C21H20N4OS2/c1-13-4-6-16(7-5-13)18-12-28-21(24-18)25-19(26)8-9-27-20-17(11-22)14(2)10-15(3)23-20/h4-7,10,12H,8-9H2,1-3H3,(H,24,25,26). The van der Waals surface area contributed by atoms with Crippen LogP contribution >= 0.6 is 23.1 Å². The summed E-state index contributed by atoms with van der Waals surface area (Å²) in [5.41, 5.74) is 5.44. The Hall–Kier alpha value is -2.69. The summed E-state index contributed by atoms with van der Waals surface area (Å²) < 4.78 is 0. The van der Waals surface area contributed by atoms with Crippen molar-refractivity contribution in [2.75, 3.05) is 11.1 Å². The summed E-state index contributed by atoms with van der Waals surface area (Å²) in [5.74, 6) is 0.451. The van der Waals surface area contributed by atoms with Crippen molar-refractivity contribution in [3.8, 4) is 17.3 Å². The third-order valence-electron chi connectivity index (χ3n) is 4.09. The van der Waals surface area contributed by atoms with E-state index in [-0.39, 0.29) is 5.91 Å². The molecule has 1 amide bonds. The van der Waals surface area contributed by atoms with E-state index in [0.29, 0.717) is 27.9 Å². The highest BCUT2D eigenvalue weighted by molar-refractivity contribution is 7.99. The highest BCUT2D eigenvalue weighted by Crippen LogP contribution is 2.26. The lowest BCUT2D eigenvalue weighted by atomic mass is 10.1. The van der Waals surface area contributed by atoms with E-state index in [2.05, 4.69) is 21.4 Å². The lowest BCUT2D eigenvalue weighted by Gasteiger charge is -2.07. The predicted octanol–water partition coefficient (Wildman–Crippen LogP) is 5.12. The second-order valence-corrected chi connectivity index (χ2v) is 8.36. The van der Waals surface area contributed by atoms with E-state index in [1.165, 1.54) is 28.7 Å². The summed E-state index contributed by atoms with van der Waals surface area (Å²) in [6, 6.07) is 12.2. The summed E-state index contributed by atoms with van der Waals surface area (Å²) in [7, 11) is 0. The number of carbonyl (C=O) groups excluding carboxylic acids is 1. The van der Waals surface area contributed by atoms with Crippen LogP contribution in [0.3, 0.4) is 0 Å². The fraction of sp³-hybridized carbons (Fsp3) is 0.238. The van der Waals surface area contributed by atoms with Gasteiger partial charge in [0.25, 0.3) is 0 Å². The van der Waals surface area contributed by atoms with Gasteiger partial charge in [0, 0.05) is 28.8 Å². The number of benzene rings is 1. The van der Waals surface area contributed by atoms with Crippen LogP contribution in [0.5, 0.6) is 0 Å². The van der Waals surface area contributed by atoms with Gasteiger partial charge < -0.3 is 5.32 Å². The molecular weight excluding hydrogens is 388 g/mol. The van der Waals surface area contributed by atoms with E-state index < -0.39 is 0 Å². The number of nitrogens with zero attached hydrogens (tertiary/aromatic N) is 3. The summed E-state index contributed by atoms with van der Waals surface area (Å²) in [4.78, 5) is 21.2. The largest absolute Gasteiger partial charge is 0.302 e. The van der Waals surface area contributed by atoms with Crippen molar-refractivity contribution in [1.29, 1.82) is 5.26 Å². The molecular formula is C21H20N4OS2. The zero-order chi connectivity index (χ0) is 20.1. The lowest BCUT2D eigenvalue weighted by molar-refractivity contribution is -0.115. The Bertz CT molecular complexity index is 1040. The molecule has 0 radical (unpaired) electrons. The number of nitrogens with one attached hydrogen (secondary N) is 1. The average Bonchev–Trinajstić information content (AvgIpc) is 3.10. The molecule has 1 N–H and O–H groups in total. The molecule has 0 aliphatic rings. The number of hydrogen-bond donors (Lipinski definition) is 1. The van der Waals surface area contributed by atoms with Crippen LogP contribution in [-0.4, -0.2) is 21.6 Å². The van der Waals surface area contributed by atoms with Crippen LogP contribution in [0.2, 0.25) is 0 Å². The Morgan fingerprint density at radius 2 is 1.96 bits per heavy atom. The number of amides is 1. The molecule has 1 aromatic carbocycles. The van der Waals surface area contributed by atoms with E-state index in [9.17, 15) is 10.1 Å². The monoisotopic (exact) mass is 408 g/mol. The van der Waals surface area contributed by atoms with Crippen molar-refractivity contribution in [2.45, 2.75) is 32.2 Å². The van der Waals surface area contributed by atoms with Gasteiger partial charge in [-0.15, -0.1) is 23.1 Å². The molecule has 0 fully saturated rings. The first-order valence-corrected chi connectivity index (χ1v) is 10.7. The first-order valence-electron chi connectivity index (χ1n) is 8.80. The molecule has 0 atom stereocenters. The minimum Gasteiger partial charge on any atom is -0.302 e. The topological polar surface area (TPSA) is 78.7 Å². The molecule has 0 spiro atoms. The van der Waals surface area contributed by atoms with Crippen LogP contribution in [0.1, 0.15) is 28.8 Å². The zero-order valence-electron chi connectivity index (χ0n) is 15.9. The number of pyridine rings is 1. The molecule has 0 aliphatic carbocycles.